The Balaban J connectivity index is 2.05. The number of carbonyl (C=O) groups excluding carboxylic acids is 1. The van der Waals surface area contributed by atoms with E-state index in [1.54, 1.807) is 0 Å². The van der Waals surface area contributed by atoms with Crippen molar-refractivity contribution in [3.8, 4) is 0 Å². The van der Waals surface area contributed by atoms with Crippen molar-refractivity contribution in [2.75, 3.05) is 20.1 Å². The van der Waals surface area contributed by atoms with Crippen LogP contribution in [0.2, 0.25) is 0 Å². The number of hydrogen-bond acceptors (Lipinski definition) is 4. The van der Waals surface area contributed by atoms with E-state index in [1.165, 1.54) is 0 Å². The van der Waals surface area contributed by atoms with Crippen molar-refractivity contribution in [1.29, 1.82) is 0 Å². The van der Waals surface area contributed by atoms with Crippen LogP contribution in [0, 0.1) is 5.92 Å². The summed E-state index contributed by atoms with van der Waals surface area (Å²) in [5.41, 5.74) is 0.966. The van der Waals surface area contributed by atoms with Crippen LogP contribution in [0.5, 0.6) is 0 Å². The first-order valence-electron chi connectivity index (χ1n) is 9.29. The predicted octanol–water partition coefficient (Wildman–Crippen LogP) is 3.51. The van der Waals surface area contributed by atoms with E-state index in [0.29, 0.717) is 6.54 Å². The van der Waals surface area contributed by atoms with Gasteiger partial charge in [0.1, 0.15) is 12.6 Å². The summed E-state index contributed by atoms with van der Waals surface area (Å²) in [5.74, 6) is -0.677. The number of carboxylic acids is 1. The third-order valence-electron chi connectivity index (χ3n) is 4.28. The summed E-state index contributed by atoms with van der Waals surface area (Å²) in [5, 5.41) is 12.0. The molecule has 26 heavy (non-hydrogen) atoms. The average Bonchev–Trinajstić information content (AvgIpc) is 2.59. The Hall–Kier alpha value is -2.08. The highest BCUT2D eigenvalue weighted by Crippen LogP contribution is 2.11. The van der Waals surface area contributed by atoms with Gasteiger partial charge in [0, 0.05) is 6.54 Å². The zero-order chi connectivity index (χ0) is 19.4. The number of ether oxygens (including phenoxy) is 1. The second-order valence-electron chi connectivity index (χ2n) is 6.91. The minimum absolute atomic E-state index is 0.0867. The molecule has 1 rings (SSSR count). The maximum absolute atomic E-state index is 11.6. The highest BCUT2D eigenvalue weighted by atomic mass is 16.5. The predicted molar refractivity (Wildman–Crippen MR) is 102 cm³/mol. The van der Waals surface area contributed by atoms with Gasteiger partial charge in [-0.15, -0.1) is 0 Å². The van der Waals surface area contributed by atoms with Crippen LogP contribution in [0.15, 0.2) is 30.3 Å². The van der Waals surface area contributed by atoms with E-state index in [0.717, 1.165) is 37.8 Å². The van der Waals surface area contributed by atoms with Gasteiger partial charge in [0.05, 0.1) is 0 Å². The monoisotopic (exact) mass is 364 g/mol. The lowest BCUT2D eigenvalue weighted by molar-refractivity contribution is -0.144. The number of amides is 1. The van der Waals surface area contributed by atoms with Crippen molar-refractivity contribution in [1.82, 2.24) is 10.2 Å². The van der Waals surface area contributed by atoms with E-state index < -0.39 is 18.1 Å². The molecule has 0 aliphatic carbocycles. The number of nitrogens with zero attached hydrogens (tertiary/aromatic N) is 1. The minimum Gasteiger partial charge on any atom is -0.480 e. The molecule has 2 N–H and O–H groups in total. The lowest BCUT2D eigenvalue weighted by atomic mass is 10.0. The maximum atomic E-state index is 11.6. The lowest BCUT2D eigenvalue weighted by Gasteiger charge is -2.27. The molecule has 146 valence electrons. The maximum Gasteiger partial charge on any atom is 0.407 e. The smallest absolute Gasteiger partial charge is 0.407 e. The van der Waals surface area contributed by atoms with Crippen LogP contribution in [-0.2, 0) is 16.1 Å². The molecule has 0 aliphatic heterocycles. The summed E-state index contributed by atoms with van der Waals surface area (Å²) >= 11 is 0. The molecule has 0 saturated carbocycles. The fraction of sp³-hybridized carbons (Fsp3) is 0.600. The number of hydrogen-bond donors (Lipinski definition) is 2. The SMILES string of the molecule is CC(C)C(C(=O)O)N(C)CCCCCCNC(=O)OCc1ccccc1. The van der Waals surface area contributed by atoms with E-state index in [2.05, 4.69) is 5.32 Å². The molecule has 6 nitrogen and oxygen atoms in total. The van der Waals surface area contributed by atoms with Crippen LogP contribution in [0.1, 0.15) is 45.1 Å². The van der Waals surface area contributed by atoms with Gasteiger partial charge in [-0.2, -0.15) is 0 Å². The Morgan fingerprint density at radius 2 is 1.77 bits per heavy atom. The second-order valence-corrected chi connectivity index (χ2v) is 6.91. The zero-order valence-corrected chi connectivity index (χ0v) is 16.1. The summed E-state index contributed by atoms with van der Waals surface area (Å²) in [6.07, 6.45) is 3.44. The van der Waals surface area contributed by atoms with E-state index in [4.69, 9.17) is 4.74 Å². The fourth-order valence-electron chi connectivity index (χ4n) is 2.93. The molecular formula is C20H32N2O4. The van der Waals surface area contributed by atoms with Gasteiger partial charge in [0.2, 0.25) is 0 Å². The van der Waals surface area contributed by atoms with Crippen molar-refractivity contribution in [3.05, 3.63) is 35.9 Å². The summed E-state index contributed by atoms with van der Waals surface area (Å²) in [7, 11) is 1.86. The number of alkyl carbamates (subject to hydrolysis) is 1. The molecule has 0 bridgehead atoms. The van der Waals surface area contributed by atoms with Crippen LogP contribution < -0.4 is 5.32 Å². The van der Waals surface area contributed by atoms with Gasteiger partial charge in [0.15, 0.2) is 0 Å². The van der Waals surface area contributed by atoms with E-state index in [-0.39, 0.29) is 12.5 Å². The number of nitrogens with one attached hydrogen (secondary N) is 1. The third-order valence-corrected chi connectivity index (χ3v) is 4.28. The van der Waals surface area contributed by atoms with Crippen LogP contribution in [0.4, 0.5) is 4.79 Å². The Bertz CT molecular complexity index is 534. The molecule has 0 spiro atoms. The molecular weight excluding hydrogens is 332 g/mol. The van der Waals surface area contributed by atoms with E-state index >= 15 is 0 Å². The molecule has 0 fully saturated rings. The fourth-order valence-corrected chi connectivity index (χ4v) is 2.93. The molecule has 0 aliphatic rings. The first kappa shape index (κ1) is 22.0. The first-order valence-corrected chi connectivity index (χ1v) is 9.29. The van der Waals surface area contributed by atoms with Gasteiger partial charge in [-0.25, -0.2) is 4.79 Å². The van der Waals surface area contributed by atoms with E-state index in [9.17, 15) is 14.7 Å². The molecule has 1 atom stereocenters. The average molecular weight is 364 g/mol. The summed E-state index contributed by atoms with van der Waals surface area (Å²) in [4.78, 5) is 24.8. The number of unbranched alkanes of at least 4 members (excludes halogenated alkanes) is 3. The van der Waals surface area contributed by atoms with Crippen molar-refractivity contribution in [2.45, 2.75) is 52.2 Å². The summed E-state index contributed by atoms with van der Waals surface area (Å²) < 4.78 is 5.15. The van der Waals surface area contributed by atoms with Gasteiger partial charge >= 0.3 is 12.1 Å². The minimum atomic E-state index is -0.763. The van der Waals surface area contributed by atoms with Crippen LogP contribution in [0.3, 0.4) is 0 Å². The highest BCUT2D eigenvalue weighted by Gasteiger charge is 2.25. The van der Waals surface area contributed by atoms with Crippen molar-refractivity contribution in [2.24, 2.45) is 5.92 Å². The summed E-state index contributed by atoms with van der Waals surface area (Å²) in [6.45, 7) is 5.49. The second kappa shape index (κ2) is 12.3. The number of benzene rings is 1. The Morgan fingerprint density at radius 1 is 1.12 bits per heavy atom. The van der Waals surface area contributed by atoms with Crippen molar-refractivity contribution < 1.29 is 19.4 Å². The number of carbonyl (C=O) groups is 2. The topological polar surface area (TPSA) is 78.9 Å². The molecule has 0 heterocycles. The van der Waals surface area contributed by atoms with Gasteiger partial charge in [-0.3, -0.25) is 9.69 Å². The quantitative estimate of drug-likeness (QED) is 0.555. The normalized spacial score (nSPS) is 12.2. The number of likely N-dealkylation sites (N-methyl/N-ethyl adjacent to an activating group) is 1. The summed E-state index contributed by atoms with van der Waals surface area (Å²) in [6, 6.07) is 9.14. The molecule has 0 aromatic heterocycles. The molecule has 1 aromatic rings. The Kier molecular flexibility index (Phi) is 10.4. The first-order chi connectivity index (χ1) is 12.4. The third kappa shape index (κ3) is 8.85. The molecule has 0 saturated heterocycles. The molecule has 1 amide bonds. The largest absolute Gasteiger partial charge is 0.480 e. The van der Waals surface area contributed by atoms with Gasteiger partial charge in [0.25, 0.3) is 0 Å². The number of rotatable bonds is 12. The standard InChI is InChI=1S/C20H32N2O4/c1-16(2)18(19(23)24)22(3)14-10-5-4-9-13-21-20(25)26-15-17-11-7-6-8-12-17/h6-8,11-12,16,18H,4-5,9-10,13-15H2,1-3H3,(H,21,25)(H,23,24). The van der Waals surface area contributed by atoms with E-state index in [1.807, 2.05) is 56.1 Å². The van der Waals surface area contributed by atoms with Crippen LogP contribution in [0.25, 0.3) is 0 Å². The van der Waals surface area contributed by atoms with Crippen molar-refractivity contribution >= 4 is 12.1 Å². The van der Waals surface area contributed by atoms with Crippen LogP contribution in [-0.4, -0.2) is 48.2 Å². The zero-order valence-electron chi connectivity index (χ0n) is 16.1. The van der Waals surface area contributed by atoms with Gasteiger partial charge < -0.3 is 15.2 Å². The van der Waals surface area contributed by atoms with Gasteiger partial charge in [-0.1, -0.05) is 57.0 Å². The number of carboxylic acid groups (broad SMARTS) is 1. The van der Waals surface area contributed by atoms with Crippen molar-refractivity contribution in [3.63, 3.8) is 0 Å². The van der Waals surface area contributed by atoms with Crippen LogP contribution >= 0.6 is 0 Å². The molecule has 0 radical (unpaired) electrons. The Morgan fingerprint density at radius 3 is 2.38 bits per heavy atom. The molecule has 1 unspecified atom stereocenters. The highest BCUT2D eigenvalue weighted by molar-refractivity contribution is 5.73. The molecule has 1 aromatic carbocycles. The van der Waals surface area contributed by atoms with Gasteiger partial charge in [-0.05, 0) is 37.9 Å². The molecule has 6 heteroatoms. The Labute approximate surface area is 156 Å². The number of aliphatic carboxylic acids is 1. The lowest BCUT2D eigenvalue weighted by Crippen LogP contribution is -2.42.